The van der Waals surface area contributed by atoms with Gasteiger partial charge < -0.3 is 4.74 Å². The molecule has 2 heterocycles. The Labute approximate surface area is 247 Å². The quantitative estimate of drug-likeness (QED) is 0.135. The highest BCUT2D eigenvalue weighted by atomic mass is 35.5. The number of allylic oxidation sites excluding steroid dienone is 4. The zero-order chi connectivity index (χ0) is 29.3. The molecule has 0 unspecified atom stereocenters. The van der Waals surface area contributed by atoms with Gasteiger partial charge in [-0.25, -0.2) is 4.79 Å². The Hall–Kier alpha value is -3.59. The third-order valence-corrected chi connectivity index (χ3v) is 10.5. The number of esters is 1. The van der Waals surface area contributed by atoms with Crippen molar-refractivity contribution in [1.29, 1.82) is 0 Å². The van der Waals surface area contributed by atoms with Crippen molar-refractivity contribution in [3.63, 3.8) is 0 Å². The normalized spacial score (nSPS) is 34.1. The summed E-state index contributed by atoms with van der Waals surface area (Å²) in [6.07, 6.45) is 10.6. The smallest absolute Gasteiger partial charge is 0.329 e. The number of carbonyl (C=O) groups is 6. The lowest BCUT2D eigenvalue weighted by molar-refractivity contribution is -0.159. The second kappa shape index (κ2) is 10.3. The van der Waals surface area contributed by atoms with Crippen LogP contribution in [0.1, 0.15) is 42.5 Å². The van der Waals surface area contributed by atoms with E-state index in [1.807, 2.05) is 12.2 Å². The lowest BCUT2D eigenvalue weighted by atomic mass is 9.85. The van der Waals surface area contributed by atoms with Crippen molar-refractivity contribution in [2.75, 3.05) is 13.2 Å². The molecule has 7 rings (SSSR count). The van der Waals surface area contributed by atoms with Gasteiger partial charge in [-0.05, 0) is 80.0 Å². The molecule has 1 aromatic rings. The molecule has 6 aliphatic rings. The van der Waals surface area contributed by atoms with Crippen molar-refractivity contribution in [3.05, 3.63) is 59.2 Å². The van der Waals surface area contributed by atoms with Gasteiger partial charge in [-0.2, -0.15) is 0 Å². The Balaban J connectivity index is 1.02. The Morgan fingerprint density at radius 3 is 1.79 bits per heavy atom. The molecular weight excluding hydrogens is 560 g/mol. The van der Waals surface area contributed by atoms with E-state index < -0.39 is 36.2 Å². The van der Waals surface area contributed by atoms with Crippen LogP contribution in [0.4, 0.5) is 0 Å². The Morgan fingerprint density at radius 2 is 1.26 bits per heavy atom. The molecule has 2 aliphatic heterocycles. The van der Waals surface area contributed by atoms with Gasteiger partial charge in [0.2, 0.25) is 23.6 Å². The summed E-state index contributed by atoms with van der Waals surface area (Å²) in [7, 11) is 0. The van der Waals surface area contributed by atoms with Crippen molar-refractivity contribution in [1.82, 2.24) is 9.80 Å². The number of hydrogen-bond acceptors (Lipinski definition) is 7. The molecule has 0 radical (unpaired) electrons. The molecule has 218 valence electrons. The number of benzene rings is 1. The van der Waals surface area contributed by atoms with Gasteiger partial charge in [0.15, 0.2) is 12.4 Å². The summed E-state index contributed by atoms with van der Waals surface area (Å²) < 4.78 is 5.39. The van der Waals surface area contributed by atoms with Crippen LogP contribution in [0.3, 0.4) is 0 Å². The number of amides is 4. The third kappa shape index (κ3) is 4.19. The van der Waals surface area contributed by atoms with Crippen LogP contribution in [0.2, 0.25) is 5.02 Å². The number of likely N-dealkylation sites (tertiary alicyclic amines) is 2. The minimum absolute atomic E-state index is 0.0129. The number of halogens is 1. The van der Waals surface area contributed by atoms with E-state index in [1.165, 1.54) is 17.0 Å². The summed E-state index contributed by atoms with van der Waals surface area (Å²) in [4.78, 5) is 81.5. The van der Waals surface area contributed by atoms with Crippen molar-refractivity contribution in [3.8, 4) is 0 Å². The standard InChI is InChI=1S/C32H31ClN2O7/c33-21-10-8-16(9-11-21)23(36)15-42-32(41)22(35-30(39)26-19-6-7-20(14-19)27(26)31(35)40)3-1-2-12-34-28(37)24-17-4-5-18(13-17)25(24)29(34)38/h4-11,17-20,22,24-27H,1-3,12-15H2/t17-,18-,19-,20-,22-,24-,25+,26-,27-/m0/s1. The topological polar surface area (TPSA) is 118 Å². The van der Waals surface area contributed by atoms with Crippen LogP contribution < -0.4 is 0 Å². The Kier molecular flexibility index (Phi) is 6.68. The van der Waals surface area contributed by atoms with Gasteiger partial charge >= 0.3 is 5.97 Å². The molecule has 9 atom stereocenters. The maximum atomic E-state index is 13.5. The molecule has 4 bridgehead atoms. The Morgan fingerprint density at radius 1 is 0.762 bits per heavy atom. The number of unbranched alkanes of at least 4 members (excludes halogenated alkanes) is 1. The number of hydrogen-bond donors (Lipinski definition) is 0. The van der Waals surface area contributed by atoms with E-state index in [0.717, 1.165) is 17.7 Å². The van der Waals surface area contributed by atoms with Gasteiger partial charge in [-0.15, -0.1) is 0 Å². The first-order chi connectivity index (χ1) is 20.2. The molecule has 42 heavy (non-hydrogen) atoms. The number of ether oxygens (including phenoxy) is 1. The summed E-state index contributed by atoms with van der Waals surface area (Å²) in [6.45, 7) is -0.315. The number of ketones is 1. The van der Waals surface area contributed by atoms with Crippen LogP contribution in [-0.4, -0.2) is 64.4 Å². The molecule has 2 saturated heterocycles. The van der Waals surface area contributed by atoms with Crippen molar-refractivity contribution in [2.45, 2.75) is 38.1 Å². The van der Waals surface area contributed by atoms with Crippen LogP contribution in [0.25, 0.3) is 0 Å². The van der Waals surface area contributed by atoms with Crippen LogP contribution in [0.15, 0.2) is 48.6 Å². The van der Waals surface area contributed by atoms with Gasteiger partial charge in [-0.1, -0.05) is 35.9 Å². The fraction of sp³-hybridized carbons (Fsp3) is 0.500. The van der Waals surface area contributed by atoms with Gasteiger partial charge in [-0.3, -0.25) is 33.8 Å². The second-order valence-electron chi connectivity index (χ2n) is 12.4. The highest BCUT2D eigenvalue weighted by Gasteiger charge is 2.61. The van der Waals surface area contributed by atoms with E-state index in [1.54, 1.807) is 12.1 Å². The van der Waals surface area contributed by atoms with Crippen molar-refractivity contribution < 1.29 is 33.5 Å². The monoisotopic (exact) mass is 590 g/mol. The summed E-state index contributed by atoms with van der Waals surface area (Å²) in [6, 6.07) is 5.00. The number of nitrogens with zero attached hydrogens (tertiary/aromatic N) is 2. The maximum Gasteiger partial charge on any atom is 0.329 e. The van der Waals surface area contributed by atoms with Crippen LogP contribution in [-0.2, 0) is 28.7 Å². The molecule has 9 nitrogen and oxygen atoms in total. The number of rotatable bonds is 10. The zero-order valence-corrected chi connectivity index (χ0v) is 23.7. The number of carbonyl (C=O) groups excluding carboxylic acids is 6. The van der Waals surface area contributed by atoms with Crippen molar-refractivity contribution >= 4 is 47.0 Å². The fourth-order valence-electron chi connectivity index (χ4n) is 8.33. The van der Waals surface area contributed by atoms with E-state index in [4.69, 9.17) is 16.3 Å². The summed E-state index contributed by atoms with van der Waals surface area (Å²) in [5.74, 6) is -3.47. The predicted octanol–water partition coefficient (Wildman–Crippen LogP) is 3.22. The summed E-state index contributed by atoms with van der Waals surface area (Å²) in [5, 5.41) is 0.466. The van der Waals surface area contributed by atoms with Gasteiger partial charge in [0, 0.05) is 17.1 Å². The van der Waals surface area contributed by atoms with Crippen LogP contribution >= 0.6 is 11.6 Å². The third-order valence-electron chi connectivity index (χ3n) is 10.3. The highest BCUT2D eigenvalue weighted by molar-refractivity contribution is 6.30. The van der Waals surface area contributed by atoms with Crippen molar-refractivity contribution in [2.24, 2.45) is 47.3 Å². The zero-order valence-electron chi connectivity index (χ0n) is 22.9. The van der Waals surface area contributed by atoms with Gasteiger partial charge in [0.05, 0.1) is 23.7 Å². The number of Topliss-reactive ketones (excluding diaryl/α,β-unsaturated/α-hetero) is 1. The molecule has 4 aliphatic carbocycles. The second-order valence-corrected chi connectivity index (χ2v) is 12.9. The Bertz CT molecular complexity index is 1390. The predicted molar refractivity (Wildman–Crippen MR) is 148 cm³/mol. The molecule has 0 aromatic heterocycles. The average Bonchev–Trinajstić information content (AvgIpc) is 3.83. The fourth-order valence-corrected chi connectivity index (χ4v) is 8.45. The minimum atomic E-state index is -1.18. The first-order valence-corrected chi connectivity index (χ1v) is 15.2. The van der Waals surface area contributed by atoms with E-state index in [0.29, 0.717) is 23.4 Å². The van der Waals surface area contributed by atoms with Gasteiger partial charge in [0.25, 0.3) is 0 Å². The lowest BCUT2D eigenvalue weighted by Crippen LogP contribution is -2.47. The SMILES string of the molecule is O=C(COC(=O)[C@H](CCCCN1C(=O)[C@@H]2[C@H](C1=O)[C@H]1C=C[C@H]2C1)N1C(=O)[C@@H]2[C@@H](C1=O)[C@H]1C=C[C@H]2C1)c1ccc(Cl)cc1. The largest absolute Gasteiger partial charge is 0.456 e. The maximum absolute atomic E-state index is 13.5. The molecule has 4 fully saturated rings. The molecule has 0 N–H and O–H groups in total. The molecular formula is C32H31ClN2O7. The van der Waals surface area contributed by atoms with Crippen LogP contribution in [0, 0.1) is 47.3 Å². The van der Waals surface area contributed by atoms with E-state index in [9.17, 15) is 28.8 Å². The first-order valence-electron chi connectivity index (χ1n) is 14.8. The van der Waals surface area contributed by atoms with Crippen LogP contribution in [0.5, 0.6) is 0 Å². The molecule has 4 amide bonds. The summed E-state index contributed by atoms with van der Waals surface area (Å²) >= 11 is 5.89. The van der Waals surface area contributed by atoms with Gasteiger partial charge in [0.1, 0.15) is 6.04 Å². The minimum Gasteiger partial charge on any atom is -0.456 e. The lowest BCUT2D eigenvalue weighted by Gasteiger charge is -2.26. The molecule has 0 spiro atoms. The highest BCUT2D eigenvalue weighted by Crippen LogP contribution is 2.54. The number of imide groups is 2. The van der Waals surface area contributed by atoms with E-state index in [-0.39, 0.29) is 72.1 Å². The summed E-state index contributed by atoms with van der Waals surface area (Å²) in [5.41, 5.74) is 0.322. The number of fused-ring (bicyclic) bond motifs is 10. The molecule has 2 saturated carbocycles. The average molecular weight is 591 g/mol. The molecule has 1 aromatic carbocycles. The van der Waals surface area contributed by atoms with E-state index in [2.05, 4.69) is 12.2 Å². The first kappa shape index (κ1) is 27.3. The molecule has 10 heteroatoms. The van der Waals surface area contributed by atoms with E-state index >= 15 is 0 Å².